The first-order valence-electron chi connectivity index (χ1n) is 9.46. The molecule has 1 unspecified atom stereocenters. The number of halogens is 1. The molecule has 27 heavy (non-hydrogen) atoms. The monoisotopic (exact) mass is 366 g/mol. The summed E-state index contributed by atoms with van der Waals surface area (Å²) in [5.41, 5.74) is 1.78. The molecular formula is C22H27FN4. The zero-order valence-electron chi connectivity index (χ0n) is 16.6. The van der Waals surface area contributed by atoms with Crippen molar-refractivity contribution in [1.29, 1.82) is 0 Å². The Kier molecular flexibility index (Phi) is 5.40. The molecule has 4 nitrogen and oxygen atoms in total. The third kappa shape index (κ3) is 3.64. The van der Waals surface area contributed by atoms with Gasteiger partial charge in [-0.1, -0.05) is 76.2 Å². The SMILES string of the molecule is CC(C)c1ccc(C(F)(c2ccc(C(C)C)cc2)C(C)n2ncnn2)cc1. The van der Waals surface area contributed by atoms with Crippen LogP contribution in [0.25, 0.3) is 0 Å². The summed E-state index contributed by atoms with van der Waals surface area (Å²) in [6, 6.07) is 14.8. The second-order valence-corrected chi connectivity index (χ2v) is 7.70. The van der Waals surface area contributed by atoms with Crippen LogP contribution in [0.5, 0.6) is 0 Å². The molecule has 3 rings (SSSR count). The Labute approximate surface area is 160 Å². The molecule has 0 bridgehead atoms. The minimum absolute atomic E-state index is 0.396. The summed E-state index contributed by atoms with van der Waals surface area (Å²) in [5.74, 6) is 0.792. The van der Waals surface area contributed by atoms with E-state index < -0.39 is 11.7 Å². The fourth-order valence-electron chi connectivity index (χ4n) is 3.38. The summed E-state index contributed by atoms with van der Waals surface area (Å²) in [6.45, 7) is 10.3. The maximum Gasteiger partial charge on any atom is 0.184 e. The highest BCUT2D eigenvalue weighted by Crippen LogP contribution is 2.43. The zero-order valence-corrected chi connectivity index (χ0v) is 16.6. The number of alkyl halides is 1. The first-order valence-corrected chi connectivity index (χ1v) is 9.46. The van der Waals surface area contributed by atoms with E-state index in [9.17, 15) is 0 Å². The van der Waals surface area contributed by atoms with Crippen molar-refractivity contribution in [2.24, 2.45) is 0 Å². The number of hydrogen-bond donors (Lipinski definition) is 0. The van der Waals surface area contributed by atoms with Crippen LogP contribution in [0.2, 0.25) is 0 Å². The van der Waals surface area contributed by atoms with Crippen LogP contribution in [0.4, 0.5) is 4.39 Å². The maximum absolute atomic E-state index is 16.8. The molecule has 0 aliphatic rings. The van der Waals surface area contributed by atoms with Crippen LogP contribution in [0, 0.1) is 0 Å². The Morgan fingerprint density at radius 2 is 1.22 bits per heavy atom. The van der Waals surface area contributed by atoms with Crippen molar-refractivity contribution in [3.8, 4) is 0 Å². The molecule has 5 heteroatoms. The number of nitrogens with zero attached hydrogens (tertiary/aromatic N) is 4. The molecule has 142 valence electrons. The van der Waals surface area contributed by atoms with Crippen LogP contribution >= 0.6 is 0 Å². The highest BCUT2D eigenvalue weighted by molar-refractivity contribution is 5.40. The molecule has 1 atom stereocenters. The first-order chi connectivity index (χ1) is 12.8. The van der Waals surface area contributed by atoms with Crippen LogP contribution in [0.1, 0.15) is 74.8 Å². The van der Waals surface area contributed by atoms with Crippen molar-refractivity contribution in [1.82, 2.24) is 20.2 Å². The molecule has 0 radical (unpaired) electrons. The predicted octanol–water partition coefficient (Wildman–Crippen LogP) is 5.39. The topological polar surface area (TPSA) is 43.6 Å². The lowest BCUT2D eigenvalue weighted by molar-refractivity contribution is 0.122. The van der Waals surface area contributed by atoms with Gasteiger partial charge in [0, 0.05) is 0 Å². The standard InChI is InChI=1S/C22H27FN4/c1-15(2)18-6-10-20(11-7-18)22(23,17(5)27-25-14-24-26-27)21-12-8-19(9-13-21)16(3)4/h6-17H,1-5H3. The van der Waals surface area contributed by atoms with E-state index in [4.69, 9.17) is 0 Å². The molecule has 0 aliphatic heterocycles. The average Bonchev–Trinajstić information content (AvgIpc) is 3.21. The number of aromatic nitrogens is 4. The Hall–Kier alpha value is -2.56. The highest BCUT2D eigenvalue weighted by atomic mass is 19.1. The van der Waals surface area contributed by atoms with Crippen molar-refractivity contribution < 1.29 is 4.39 Å². The molecule has 1 heterocycles. The molecule has 2 aromatic carbocycles. The van der Waals surface area contributed by atoms with Crippen LogP contribution < -0.4 is 0 Å². The number of rotatable bonds is 6. The van der Waals surface area contributed by atoms with Crippen molar-refractivity contribution in [2.75, 3.05) is 0 Å². The highest BCUT2D eigenvalue weighted by Gasteiger charge is 2.42. The Morgan fingerprint density at radius 1 is 0.778 bits per heavy atom. The van der Waals surface area contributed by atoms with E-state index in [1.165, 1.54) is 22.3 Å². The summed E-state index contributed by atoms with van der Waals surface area (Å²) in [5, 5.41) is 11.8. The Morgan fingerprint density at radius 3 is 1.56 bits per heavy atom. The fourth-order valence-corrected chi connectivity index (χ4v) is 3.38. The summed E-state index contributed by atoms with van der Waals surface area (Å²) >= 11 is 0. The first kappa shape index (κ1) is 19.2. The molecule has 0 spiro atoms. The Balaban J connectivity index is 2.11. The molecule has 1 aromatic heterocycles. The third-order valence-electron chi connectivity index (χ3n) is 5.28. The molecule has 0 fully saturated rings. The molecule has 0 amide bonds. The normalized spacial score (nSPS) is 13.3. The third-order valence-corrected chi connectivity index (χ3v) is 5.28. The van der Waals surface area contributed by atoms with E-state index in [2.05, 4.69) is 43.1 Å². The summed E-state index contributed by atoms with van der Waals surface area (Å²) in [7, 11) is 0. The Bertz CT molecular complexity index is 801. The molecule has 0 N–H and O–H groups in total. The molecule has 0 saturated heterocycles. The van der Waals surface area contributed by atoms with Gasteiger partial charge in [0.1, 0.15) is 6.04 Å². The second kappa shape index (κ2) is 7.59. The number of tetrazole rings is 1. The van der Waals surface area contributed by atoms with E-state index in [0.29, 0.717) is 23.0 Å². The maximum atomic E-state index is 16.8. The van der Waals surface area contributed by atoms with Crippen LogP contribution in [-0.2, 0) is 5.67 Å². The number of benzene rings is 2. The lowest BCUT2D eigenvalue weighted by Gasteiger charge is -2.32. The zero-order chi connectivity index (χ0) is 19.6. The van der Waals surface area contributed by atoms with E-state index in [0.717, 1.165) is 0 Å². The largest absolute Gasteiger partial charge is 0.231 e. The van der Waals surface area contributed by atoms with Gasteiger partial charge >= 0.3 is 0 Å². The molecule has 0 saturated carbocycles. The van der Waals surface area contributed by atoms with Crippen molar-refractivity contribution in [3.05, 3.63) is 77.1 Å². The van der Waals surface area contributed by atoms with Gasteiger partial charge in [0.25, 0.3) is 0 Å². The summed E-state index contributed by atoms with van der Waals surface area (Å²) in [4.78, 5) is 1.34. The van der Waals surface area contributed by atoms with Crippen LogP contribution in [-0.4, -0.2) is 20.2 Å². The van der Waals surface area contributed by atoms with E-state index in [1.54, 1.807) is 6.92 Å². The van der Waals surface area contributed by atoms with Crippen LogP contribution in [0.3, 0.4) is 0 Å². The van der Waals surface area contributed by atoms with Gasteiger partial charge in [-0.15, -0.1) is 10.2 Å². The van der Waals surface area contributed by atoms with Gasteiger partial charge in [0.15, 0.2) is 12.0 Å². The van der Waals surface area contributed by atoms with E-state index in [1.807, 2.05) is 48.5 Å². The molecule has 0 aliphatic carbocycles. The minimum atomic E-state index is -1.77. The van der Waals surface area contributed by atoms with Crippen molar-refractivity contribution in [2.45, 2.75) is 58.2 Å². The van der Waals surface area contributed by atoms with Crippen molar-refractivity contribution >= 4 is 0 Å². The average molecular weight is 366 g/mol. The fraction of sp³-hybridized carbons (Fsp3) is 0.409. The lowest BCUT2D eigenvalue weighted by Crippen LogP contribution is -2.33. The van der Waals surface area contributed by atoms with Gasteiger partial charge in [0.05, 0.1) is 0 Å². The van der Waals surface area contributed by atoms with Crippen molar-refractivity contribution in [3.63, 3.8) is 0 Å². The summed E-state index contributed by atoms with van der Waals surface area (Å²) in [6.07, 6.45) is 1.33. The van der Waals surface area contributed by atoms with Gasteiger partial charge in [-0.3, -0.25) is 0 Å². The quantitative estimate of drug-likeness (QED) is 0.587. The molecule has 3 aromatic rings. The second-order valence-electron chi connectivity index (χ2n) is 7.70. The lowest BCUT2D eigenvalue weighted by atomic mass is 9.81. The van der Waals surface area contributed by atoms with Gasteiger partial charge in [-0.2, -0.15) is 4.80 Å². The van der Waals surface area contributed by atoms with E-state index >= 15 is 4.39 Å². The van der Waals surface area contributed by atoms with E-state index in [-0.39, 0.29) is 0 Å². The van der Waals surface area contributed by atoms with Gasteiger partial charge < -0.3 is 0 Å². The number of hydrogen-bond acceptors (Lipinski definition) is 3. The predicted molar refractivity (Wildman–Crippen MR) is 105 cm³/mol. The minimum Gasteiger partial charge on any atom is -0.231 e. The van der Waals surface area contributed by atoms with Gasteiger partial charge in [-0.25, -0.2) is 4.39 Å². The summed E-state index contributed by atoms with van der Waals surface area (Å²) < 4.78 is 16.8. The van der Waals surface area contributed by atoms with Gasteiger partial charge in [-0.05, 0) is 46.2 Å². The smallest absolute Gasteiger partial charge is 0.184 e. The molecular weight excluding hydrogens is 339 g/mol. The van der Waals surface area contributed by atoms with Crippen LogP contribution in [0.15, 0.2) is 54.9 Å². The van der Waals surface area contributed by atoms with Gasteiger partial charge in [0.2, 0.25) is 0 Å².